The van der Waals surface area contributed by atoms with Gasteiger partial charge in [-0.15, -0.1) is 0 Å². The van der Waals surface area contributed by atoms with E-state index in [4.69, 9.17) is 4.74 Å². The van der Waals surface area contributed by atoms with Crippen LogP contribution in [0.4, 0.5) is 4.39 Å². The number of carbonyl (C=O) groups excluding carboxylic acids is 2. The molecule has 0 radical (unpaired) electrons. The van der Waals surface area contributed by atoms with Crippen molar-refractivity contribution in [1.82, 2.24) is 0 Å². The molecule has 0 saturated heterocycles. The standard InChI is InChI=1S/C13H15FO4/c1-8(13(16)18-3)6-11(15)9-4-5-12(17-2)10(14)7-9/h4-5,7-8H,6H2,1-3H3. The summed E-state index contributed by atoms with van der Waals surface area (Å²) >= 11 is 0. The monoisotopic (exact) mass is 254 g/mol. The molecule has 1 unspecified atom stereocenters. The van der Waals surface area contributed by atoms with Gasteiger partial charge >= 0.3 is 5.97 Å². The van der Waals surface area contributed by atoms with Crippen LogP contribution in [0.3, 0.4) is 0 Å². The molecule has 0 bridgehead atoms. The van der Waals surface area contributed by atoms with Crippen LogP contribution in [0.15, 0.2) is 18.2 Å². The van der Waals surface area contributed by atoms with E-state index in [1.54, 1.807) is 6.92 Å². The summed E-state index contributed by atoms with van der Waals surface area (Å²) in [4.78, 5) is 23.0. The van der Waals surface area contributed by atoms with Gasteiger partial charge < -0.3 is 9.47 Å². The third-order valence-corrected chi connectivity index (χ3v) is 2.57. The highest BCUT2D eigenvalue weighted by atomic mass is 19.1. The van der Waals surface area contributed by atoms with Gasteiger partial charge in [0.2, 0.25) is 0 Å². The predicted molar refractivity (Wildman–Crippen MR) is 63.1 cm³/mol. The molecule has 0 saturated carbocycles. The molecule has 0 aliphatic rings. The van der Waals surface area contributed by atoms with Gasteiger partial charge in [-0.2, -0.15) is 0 Å². The lowest BCUT2D eigenvalue weighted by Gasteiger charge is -2.09. The molecule has 1 aromatic carbocycles. The summed E-state index contributed by atoms with van der Waals surface area (Å²) in [7, 11) is 2.61. The van der Waals surface area contributed by atoms with Crippen LogP contribution in [-0.2, 0) is 9.53 Å². The third kappa shape index (κ3) is 3.29. The molecular formula is C13H15FO4. The second-order valence-corrected chi connectivity index (χ2v) is 3.90. The SMILES string of the molecule is COC(=O)C(C)CC(=O)c1ccc(OC)c(F)c1. The zero-order valence-corrected chi connectivity index (χ0v) is 10.5. The predicted octanol–water partition coefficient (Wildman–Crippen LogP) is 2.22. The number of methoxy groups -OCH3 is 2. The van der Waals surface area contributed by atoms with Gasteiger partial charge in [-0.05, 0) is 18.2 Å². The third-order valence-electron chi connectivity index (χ3n) is 2.57. The van der Waals surface area contributed by atoms with Crippen molar-refractivity contribution in [3.63, 3.8) is 0 Å². The molecule has 4 nitrogen and oxygen atoms in total. The minimum atomic E-state index is -0.603. The number of hydrogen-bond acceptors (Lipinski definition) is 4. The molecule has 1 atom stereocenters. The summed E-state index contributed by atoms with van der Waals surface area (Å²) < 4.78 is 22.7. The zero-order valence-electron chi connectivity index (χ0n) is 10.5. The van der Waals surface area contributed by atoms with E-state index in [1.807, 2.05) is 0 Å². The summed E-state index contributed by atoms with van der Waals surface area (Å²) in [6, 6.07) is 3.95. The Kier molecular flexibility index (Phi) is 4.83. The Morgan fingerprint density at radius 1 is 1.33 bits per heavy atom. The first-order valence-corrected chi connectivity index (χ1v) is 5.44. The van der Waals surface area contributed by atoms with Crippen molar-refractivity contribution < 1.29 is 23.5 Å². The first kappa shape index (κ1) is 14.2. The quantitative estimate of drug-likeness (QED) is 0.597. The summed E-state index contributed by atoms with van der Waals surface area (Å²) in [6.45, 7) is 1.59. The number of halogens is 1. The number of ether oxygens (including phenoxy) is 2. The molecule has 98 valence electrons. The van der Waals surface area contributed by atoms with Crippen LogP contribution in [0.25, 0.3) is 0 Å². The van der Waals surface area contributed by atoms with Gasteiger partial charge in [-0.1, -0.05) is 6.92 Å². The number of esters is 1. The first-order chi connectivity index (χ1) is 8.49. The fourth-order valence-corrected chi connectivity index (χ4v) is 1.52. The molecule has 0 aromatic heterocycles. The second kappa shape index (κ2) is 6.14. The van der Waals surface area contributed by atoms with Crippen molar-refractivity contribution in [3.05, 3.63) is 29.6 Å². The van der Waals surface area contributed by atoms with Gasteiger partial charge in [0.1, 0.15) is 0 Å². The summed E-state index contributed by atoms with van der Waals surface area (Å²) in [6.07, 6.45) is -0.0154. The van der Waals surface area contributed by atoms with Gasteiger partial charge in [-0.25, -0.2) is 4.39 Å². The average Bonchev–Trinajstić information content (AvgIpc) is 2.37. The number of hydrogen-bond donors (Lipinski definition) is 0. The smallest absolute Gasteiger partial charge is 0.308 e. The molecule has 0 N–H and O–H groups in total. The lowest BCUT2D eigenvalue weighted by molar-refractivity contribution is -0.144. The Morgan fingerprint density at radius 2 is 2.00 bits per heavy atom. The van der Waals surface area contributed by atoms with Crippen molar-refractivity contribution in [1.29, 1.82) is 0 Å². The Labute approximate surface area is 105 Å². The Balaban J connectivity index is 2.79. The maximum atomic E-state index is 13.4. The molecule has 0 aliphatic carbocycles. The van der Waals surface area contributed by atoms with Gasteiger partial charge in [-0.3, -0.25) is 9.59 Å². The van der Waals surface area contributed by atoms with E-state index in [1.165, 1.54) is 26.4 Å². The molecule has 1 rings (SSSR count). The highest BCUT2D eigenvalue weighted by molar-refractivity contribution is 5.98. The van der Waals surface area contributed by atoms with Crippen LogP contribution in [0.1, 0.15) is 23.7 Å². The van der Waals surface area contributed by atoms with Crippen LogP contribution in [0.2, 0.25) is 0 Å². The van der Waals surface area contributed by atoms with Crippen molar-refractivity contribution in [2.24, 2.45) is 5.92 Å². The minimum Gasteiger partial charge on any atom is -0.494 e. The molecule has 18 heavy (non-hydrogen) atoms. The summed E-state index contributed by atoms with van der Waals surface area (Å²) in [5.74, 6) is -1.85. The highest BCUT2D eigenvalue weighted by Crippen LogP contribution is 2.19. The Morgan fingerprint density at radius 3 is 2.50 bits per heavy atom. The fourth-order valence-electron chi connectivity index (χ4n) is 1.52. The van der Waals surface area contributed by atoms with E-state index >= 15 is 0 Å². The van der Waals surface area contributed by atoms with Crippen LogP contribution >= 0.6 is 0 Å². The van der Waals surface area contributed by atoms with E-state index < -0.39 is 17.7 Å². The van der Waals surface area contributed by atoms with Gasteiger partial charge in [0, 0.05) is 12.0 Å². The maximum absolute atomic E-state index is 13.4. The molecule has 1 aromatic rings. The number of rotatable bonds is 5. The molecule has 5 heteroatoms. The molecule has 0 amide bonds. The van der Waals surface area contributed by atoms with Crippen molar-refractivity contribution >= 4 is 11.8 Å². The van der Waals surface area contributed by atoms with Crippen LogP contribution in [-0.4, -0.2) is 26.0 Å². The van der Waals surface area contributed by atoms with Crippen molar-refractivity contribution in [2.45, 2.75) is 13.3 Å². The van der Waals surface area contributed by atoms with E-state index in [-0.39, 0.29) is 23.5 Å². The summed E-state index contributed by atoms with van der Waals surface area (Å²) in [5, 5.41) is 0. The van der Waals surface area contributed by atoms with E-state index in [2.05, 4.69) is 4.74 Å². The fraction of sp³-hybridized carbons (Fsp3) is 0.385. The van der Waals surface area contributed by atoms with Crippen molar-refractivity contribution in [3.8, 4) is 5.75 Å². The first-order valence-electron chi connectivity index (χ1n) is 5.44. The topological polar surface area (TPSA) is 52.6 Å². The largest absolute Gasteiger partial charge is 0.494 e. The normalized spacial score (nSPS) is 11.8. The summed E-state index contributed by atoms with van der Waals surface area (Å²) in [5.41, 5.74) is 0.212. The van der Waals surface area contributed by atoms with Crippen molar-refractivity contribution in [2.75, 3.05) is 14.2 Å². The molecule has 0 heterocycles. The molecule has 0 aliphatic heterocycles. The number of ketones is 1. The van der Waals surface area contributed by atoms with E-state index in [9.17, 15) is 14.0 Å². The Bertz CT molecular complexity index is 456. The Hall–Kier alpha value is -1.91. The highest BCUT2D eigenvalue weighted by Gasteiger charge is 2.19. The van der Waals surface area contributed by atoms with Gasteiger partial charge in [0.25, 0.3) is 0 Å². The van der Waals surface area contributed by atoms with E-state index in [0.717, 1.165) is 6.07 Å². The minimum absolute atomic E-state index is 0.0154. The average molecular weight is 254 g/mol. The molecule has 0 fully saturated rings. The second-order valence-electron chi connectivity index (χ2n) is 3.90. The lowest BCUT2D eigenvalue weighted by Crippen LogP contribution is -2.17. The lowest BCUT2D eigenvalue weighted by atomic mass is 10.00. The van der Waals surface area contributed by atoms with Crippen LogP contribution < -0.4 is 4.74 Å². The van der Waals surface area contributed by atoms with Crippen LogP contribution in [0.5, 0.6) is 5.75 Å². The maximum Gasteiger partial charge on any atom is 0.308 e. The van der Waals surface area contributed by atoms with Crippen LogP contribution in [0, 0.1) is 11.7 Å². The number of carbonyl (C=O) groups is 2. The number of Topliss-reactive ketones (excluding diaryl/α,β-unsaturated/α-hetero) is 1. The van der Waals surface area contributed by atoms with Gasteiger partial charge in [0.05, 0.1) is 20.1 Å². The zero-order chi connectivity index (χ0) is 13.7. The molecule has 0 spiro atoms. The van der Waals surface area contributed by atoms with E-state index in [0.29, 0.717) is 0 Å². The number of benzene rings is 1. The molecular weight excluding hydrogens is 239 g/mol. The van der Waals surface area contributed by atoms with Gasteiger partial charge in [0.15, 0.2) is 17.3 Å².